The van der Waals surface area contributed by atoms with Crippen LogP contribution in [0.3, 0.4) is 0 Å². The van der Waals surface area contributed by atoms with Gasteiger partial charge in [-0.1, -0.05) is 13.0 Å². The molecule has 0 saturated carbocycles. The summed E-state index contributed by atoms with van der Waals surface area (Å²) in [4.78, 5) is 5.14. The molecule has 0 saturated heterocycles. The van der Waals surface area contributed by atoms with Gasteiger partial charge in [0.15, 0.2) is 0 Å². The Bertz CT molecular complexity index is 228. The van der Waals surface area contributed by atoms with Gasteiger partial charge in [-0.05, 0) is 0 Å². The van der Waals surface area contributed by atoms with Crippen molar-refractivity contribution >= 4 is 87.5 Å². The van der Waals surface area contributed by atoms with Gasteiger partial charge in [0, 0.05) is 42.3 Å². The summed E-state index contributed by atoms with van der Waals surface area (Å²) in [5.74, 6) is 0. The fourth-order valence-corrected chi connectivity index (χ4v) is 0. The number of nitrogens with zero attached hydrogens (tertiary/aromatic N) is 3. The van der Waals surface area contributed by atoms with Gasteiger partial charge in [-0.3, -0.25) is 0 Å². The van der Waals surface area contributed by atoms with Crippen LogP contribution in [0.5, 0.6) is 0 Å². The molecule has 0 aromatic rings. The van der Waals surface area contributed by atoms with E-state index in [0.29, 0.717) is 13.0 Å². The molecule has 0 fully saturated rings. The number of hydrogen-bond donors (Lipinski definition) is 0. The van der Waals surface area contributed by atoms with Crippen LogP contribution in [0.25, 0.3) is 0 Å². The molecule has 0 amide bonds. The van der Waals surface area contributed by atoms with Gasteiger partial charge in [-0.25, -0.2) is 0 Å². The summed E-state index contributed by atoms with van der Waals surface area (Å²) in [6.45, 7) is 0. The normalized spacial score (nSPS) is 7.26. The van der Waals surface area contributed by atoms with Crippen molar-refractivity contribution in [2.24, 2.45) is 0 Å². The van der Waals surface area contributed by atoms with Gasteiger partial charge in [-0.2, -0.15) is 0 Å². The first-order valence-electron chi connectivity index (χ1n) is 4.58. The molecule has 0 spiro atoms. The maximum Gasteiger partial charge on any atom is 3.00 e. The minimum absolute atomic E-state index is 0. The van der Waals surface area contributed by atoms with Gasteiger partial charge < -0.3 is 89.2 Å². The van der Waals surface area contributed by atoms with Crippen LogP contribution in [0.4, 0.5) is 0 Å². The average molecular weight is 420 g/mol. The smallest absolute Gasteiger partial charge is 0.411 e. The number of rotatable bonds is 0. The molecule has 0 heterocycles. The Balaban J connectivity index is -0.0000000865. The Morgan fingerprint density at radius 3 is 0.632 bits per heavy atom. The Kier molecular flexibility index (Phi) is 24.9. The van der Waals surface area contributed by atoms with E-state index in [1.54, 1.807) is 14.7 Å². The third-order valence-corrected chi connectivity index (χ3v) is 3.29. The van der Waals surface area contributed by atoms with Crippen LogP contribution < -0.4 is 0 Å². The second kappa shape index (κ2) is 16.9. The second-order valence-electron chi connectivity index (χ2n) is 3.48. The van der Waals surface area contributed by atoms with Crippen LogP contribution in [-0.4, -0.2) is 69.9 Å². The molecular formula is C9H18CoN3S6. The third kappa shape index (κ3) is 32.4. The predicted molar refractivity (Wildman–Crippen MR) is 101 cm³/mol. The van der Waals surface area contributed by atoms with Crippen LogP contribution in [-0.2, 0) is 54.7 Å². The second-order valence-corrected chi connectivity index (χ2v) is 6.58. The van der Waals surface area contributed by atoms with E-state index < -0.39 is 0 Å². The van der Waals surface area contributed by atoms with Crippen LogP contribution in [0.2, 0.25) is 0 Å². The zero-order chi connectivity index (χ0) is 15.5. The predicted octanol–water partition coefficient (Wildman–Crippen LogP) is 1.14. The summed E-state index contributed by atoms with van der Waals surface area (Å²) in [6.07, 6.45) is 0. The Morgan fingerprint density at radius 2 is 0.632 bits per heavy atom. The Labute approximate surface area is 160 Å². The first-order valence-corrected chi connectivity index (χ1v) is 7.03. The molecule has 0 atom stereocenters. The van der Waals surface area contributed by atoms with E-state index in [9.17, 15) is 0 Å². The van der Waals surface area contributed by atoms with Gasteiger partial charge in [0.1, 0.15) is 0 Å². The average Bonchev–Trinajstić information content (AvgIpc) is 2.18. The van der Waals surface area contributed by atoms with Crippen molar-refractivity contribution in [2.75, 3.05) is 42.3 Å². The standard InChI is InChI=1S/3C3H7NS2.Co/c3*1-4(2)3(5)6;/h3*1-2H3,(H,5,6);/q;;;+3/p-3. The molecule has 19 heavy (non-hydrogen) atoms. The SMILES string of the molecule is CN(C)C(=S)[S-].CN(C)C(=S)[S-].CN(C)C(=S)[S-].[Co+3]. The van der Waals surface area contributed by atoms with Crippen molar-refractivity contribution in [3.63, 3.8) is 0 Å². The molecule has 114 valence electrons. The van der Waals surface area contributed by atoms with Crippen molar-refractivity contribution in [3.05, 3.63) is 0 Å². The van der Waals surface area contributed by atoms with E-state index in [2.05, 4.69) is 74.5 Å². The van der Waals surface area contributed by atoms with Crippen LogP contribution in [0, 0.1) is 0 Å². The van der Waals surface area contributed by atoms with Gasteiger partial charge in [0.2, 0.25) is 0 Å². The topological polar surface area (TPSA) is 9.72 Å². The molecule has 0 aromatic heterocycles. The van der Waals surface area contributed by atoms with Gasteiger partial charge in [0.25, 0.3) is 0 Å². The first kappa shape index (κ1) is 28.1. The van der Waals surface area contributed by atoms with E-state index in [1.165, 1.54) is 0 Å². The minimum Gasteiger partial charge on any atom is -0.411 e. The summed E-state index contributed by atoms with van der Waals surface area (Å²) >= 11 is 27.4. The minimum atomic E-state index is 0. The summed E-state index contributed by atoms with van der Waals surface area (Å²) < 4.78 is 1.53. The molecule has 3 nitrogen and oxygen atoms in total. The van der Waals surface area contributed by atoms with Crippen LogP contribution in [0.15, 0.2) is 0 Å². The number of thiocarbonyl (C=S) groups is 3. The van der Waals surface area contributed by atoms with E-state index in [-0.39, 0.29) is 16.8 Å². The van der Waals surface area contributed by atoms with Gasteiger partial charge in [0.05, 0.1) is 0 Å². The van der Waals surface area contributed by atoms with Crippen LogP contribution in [0.1, 0.15) is 0 Å². The monoisotopic (exact) mass is 419 g/mol. The summed E-state index contributed by atoms with van der Waals surface area (Å²) in [5, 5.41) is 0. The molecule has 0 radical (unpaired) electrons. The molecular weight excluding hydrogens is 401 g/mol. The zero-order valence-electron chi connectivity index (χ0n) is 11.6. The zero-order valence-corrected chi connectivity index (χ0v) is 17.6. The molecule has 0 aromatic carbocycles. The van der Waals surface area contributed by atoms with E-state index in [0.717, 1.165) is 0 Å². The Morgan fingerprint density at radius 1 is 0.579 bits per heavy atom. The van der Waals surface area contributed by atoms with Crippen molar-refractivity contribution < 1.29 is 16.8 Å². The first-order chi connectivity index (χ1) is 7.93. The van der Waals surface area contributed by atoms with Crippen molar-refractivity contribution in [1.82, 2.24) is 14.7 Å². The van der Waals surface area contributed by atoms with E-state index >= 15 is 0 Å². The third-order valence-electron chi connectivity index (χ3n) is 1.10. The molecule has 10 heteroatoms. The fraction of sp³-hybridized carbons (Fsp3) is 0.667. The van der Waals surface area contributed by atoms with Gasteiger partial charge >= 0.3 is 16.8 Å². The molecule has 0 unspecified atom stereocenters. The van der Waals surface area contributed by atoms with E-state index in [1.807, 2.05) is 42.3 Å². The summed E-state index contributed by atoms with van der Waals surface area (Å²) in [5.41, 5.74) is 0. The van der Waals surface area contributed by atoms with Crippen molar-refractivity contribution in [1.29, 1.82) is 0 Å². The summed E-state index contributed by atoms with van der Waals surface area (Å²) in [6, 6.07) is 0. The van der Waals surface area contributed by atoms with E-state index in [4.69, 9.17) is 0 Å². The Hall–Kier alpha value is 0.836. The molecule has 0 bridgehead atoms. The molecule has 0 N–H and O–H groups in total. The molecule has 0 rings (SSSR count). The van der Waals surface area contributed by atoms with Crippen molar-refractivity contribution in [2.45, 2.75) is 0 Å². The maximum absolute atomic E-state index is 4.56. The molecule has 0 aliphatic carbocycles. The summed E-state index contributed by atoms with van der Waals surface area (Å²) in [7, 11) is 11.0. The quantitative estimate of drug-likeness (QED) is 0.419. The van der Waals surface area contributed by atoms with Crippen molar-refractivity contribution in [3.8, 4) is 0 Å². The van der Waals surface area contributed by atoms with Crippen LogP contribution >= 0.6 is 36.7 Å². The number of hydrogen-bond acceptors (Lipinski definition) is 6. The van der Waals surface area contributed by atoms with Gasteiger partial charge in [-0.15, -0.1) is 0 Å². The fourth-order valence-electron chi connectivity index (χ4n) is 0. The molecule has 0 aliphatic rings. The maximum atomic E-state index is 4.56. The largest absolute Gasteiger partial charge is 3.00 e. The molecule has 0 aliphatic heterocycles.